The Labute approximate surface area is 167 Å². The molecule has 27 heavy (non-hydrogen) atoms. The molecule has 0 unspecified atom stereocenters. The van der Waals surface area contributed by atoms with Gasteiger partial charge >= 0.3 is 14.2 Å². The zero-order valence-electron chi connectivity index (χ0n) is 19.1. The van der Waals surface area contributed by atoms with Crippen LogP contribution in [0.2, 0.25) is 0 Å². The van der Waals surface area contributed by atoms with E-state index in [-0.39, 0.29) is 11.2 Å². The number of hydrogen-bond acceptors (Lipinski definition) is 4. The molecular formula is C21H38B2O4. The Balaban J connectivity index is 2.49. The van der Waals surface area contributed by atoms with Crippen LogP contribution in [0.3, 0.4) is 0 Å². The minimum absolute atomic E-state index is 0.384. The smallest absolute Gasteiger partial charge is 0.400 e. The first-order valence-electron chi connectivity index (χ1n) is 10.3. The molecule has 0 bridgehead atoms. The predicted octanol–water partition coefficient (Wildman–Crippen LogP) is 5.31. The second-order valence-electron chi connectivity index (χ2n) is 10.00. The number of hydrogen-bond donors (Lipinski definition) is 0. The normalized spacial score (nSPS) is 26.3. The maximum absolute atomic E-state index is 6.39. The molecule has 0 atom stereocenters. The van der Waals surface area contributed by atoms with Crippen LogP contribution in [0.5, 0.6) is 0 Å². The standard InChI is InChI=1S/C21H38B2O4/c1-12-13-14-16(22-24-18(4,5)19(6,7)25-22)17(15(2)3)23-26-20(8,9)21(10,11)27-23/h2,12-14H2,1,3-11H3/b17-16-. The van der Waals surface area contributed by atoms with E-state index in [2.05, 4.69) is 68.9 Å². The summed E-state index contributed by atoms with van der Waals surface area (Å²) in [4.78, 5) is 0. The molecule has 0 aromatic rings. The van der Waals surface area contributed by atoms with Crippen LogP contribution in [0.15, 0.2) is 23.1 Å². The highest BCUT2D eigenvalue weighted by Crippen LogP contribution is 2.44. The summed E-state index contributed by atoms with van der Waals surface area (Å²) in [6.07, 6.45) is 3.02. The number of unbranched alkanes of at least 4 members (excludes halogenated alkanes) is 1. The molecule has 0 aromatic carbocycles. The highest BCUT2D eigenvalue weighted by Gasteiger charge is 2.56. The van der Waals surface area contributed by atoms with Gasteiger partial charge < -0.3 is 18.6 Å². The van der Waals surface area contributed by atoms with Crippen molar-refractivity contribution in [3.8, 4) is 0 Å². The second kappa shape index (κ2) is 7.37. The molecule has 0 saturated carbocycles. The minimum atomic E-state index is -0.460. The lowest BCUT2D eigenvalue weighted by atomic mass is 9.61. The van der Waals surface area contributed by atoms with Gasteiger partial charge in [-0.2, -0.15) is 0 Å². The second-order valence-corrected chi connectivity index (χ2v) is 10.00. The van der Waals surface area contributed by atoms with Gasteiger partial charge in [-0.15, -0.1) is 0 Å². The fourth-order valence-electron chi connectivity index (χ4n) is 3.32. The first kappa shape index (κ1) is 22.7. The fourth-order valence-corrected chi connectivity index (χ4v) is 3.32. The van der Waals surface area contributed by atoms with E-state index >= 15 is 0 Å². The monoisotopic (exact) mass is 376 g/mol. The quantitative estimate of drug-likeness (QED) is 0.465. The Morgan fingerprint density at radius 3 is 1.44 bits per heavy atom. The largest absolute Gasteiger partial charge is 0.494 e. The van der Waals surface area contributed by atoms with Gasteiger partial charge in [-0.1, -0.05) is 31.9 Å². The molecule has 4 nitrogen and oxygen atoms in total. The van der Waals surface area contributed by atoms with E-state index in [1.807, 2.05) is 6.92 Å². The van der Waals surface area contributed by atoms with E-state index in [4.69, 9.17) is 18.6 Å². The Morgan fingerprint density at radius 2 is 1.11 bits per heavy atom. The van der Waals surface area contributed by atoms with Gasteiger partial charge in [0.1, 0.15) is 0 Å². The molecule has 2 rings (SSSR count). The highest BCUT2D eigenvalue weighted by molar-refractivity contribution is 6.63. The Hall–Kier alpha value is -0.550. The maximum atomic E-state index is 6.39. The lowest BCUT2D eigenvalue weighted by Crippen LogP contribution is -2.41. The average molecular weight is 376 g/mol. The Kier molecular flexibility index (Phi) is 6.20. The first-order valence-corrected chi connectivity index (χ1v) is 10.3. The van der Waals surface area contributed by atoms with Gasteiger partial charge in [-0.25, -0.2) is 0 Å². The SMILES string of the molecule is C=C(C)/C(B1OC(C)(C)C(C)(C)O1)=C(\CCCC)B1OC(C)(C)C(C)(C)O1. The zero-order valence-corrected chi connectivity index (χ0v) is 19.1. The van der Waals surface area contributed by atoms with Crippen LogP contribution in [0.25, 0.3) is 0 Å². The van der Waals surface area contributed by atoms with Crippen LogP contribution in [0, 0.1) is 0 Å². The molecule has 0 amide bonds. The van der Waals surface area contributed by atoms with Crippen molar-refractivity contribution in [2.45, 2.75) is 111 Å². The average Bonchev–Trinajstić information content (AvgIpc) is 2.82. The van der Waals surface area contributed by atoms with E-state index in [0.717, 1.165) is 35.8 Å². The highest BCUT2D eigenvalue weighted by atomic mass is 16.7. The van der Waals surface area contributed by atoms with Gasteiger partial charge in [0.05, 0.1) is 22.4 Å². The molecule has 2 heterocycles. The Morgan fingerprint density at radius 1 is 0.741 bits per heavy atom. The van der Waals surface area contributed by atoms with E-state index in [1.165, 1.54) is 0 Å². The Bertz CT molecular complexity index is 588. The summed E-state index contributed by atoms with van der Waals surface area (Å²) in [5.74, 6) is 0. The van der Waals surface area contributed by atoms with Crippen molar-refractivity contribution in [3.63, 3.8) is 0 Å². The molecule has 2 saturated heterocycles. The van der Waals surface area contributed by atoms with Crippen LogP contribution >= 0.6 is 0 Å². The van der Waals surface area contributed by atoms with E-state index in [1.54, 1.807) is 0 Å². The molecule has 0 aromatic heterocycles. The van der Waals surface area contributed by atoms with Gasteiger partial charge in [-0.3, -0.25) is 0 Å². The van der Waals surface area contributed by atoms with Crippen molar-refractivity contribution in [2.75, 3.05) is 0 Å². The maximum Gasteiger partial charge on any atom is 0.494 e. The molecule has 2 aliphatic rings. The van der Waals surface area contributed by atoms with Crippen LogP contribution in [0.4, 0.5) is 0 Å². The summed E-state index contributed by atoms with van der Waals surface area (Å²) in [7, 11) is -0.870. The number of rotatable bonds is 6. The topological polar surface area (TPSA) is 36.9 Å². The zero-order chi connectivity index (χ0) is 20.8. The molecule has 152 valence electrons. The summed E-state index contributed by atoms with van der Waals surface area (Å²) in [5, 5.41) is 0. The van der Waals surface area contributed by atoms with Crippen molar-refractivity contribution in [1.29, 1.82) is 0 Å². The first-order chi connectivity index (χ1) is 12.2. The summed E-state index contributed by atoms with van der Waals surface area (Å²) >= 11 is 0. The lowest BCUT2D eigenvalue weighted by Gasteiger charge is -2.32. The van der Waals surface area contributed by atoms with Crippen molar-refractivity contribution >= 4 is 14.2 Å². The van der Waals surface area contributed by atoms with Gasteiger partial charge in [0.15, 0.2) is 0 Å². The van der Waals surface area contributed by atoms with Gasteiger partial charge in [0.2, 0.25) is 0 Å². The summed E-state index contributed by atoms with van der Waals surface area (Å²) in [6, 6.07) is 0. The van der Waals surface area contributed by atoms with Crippen LogP contribution < -0.4 is 0 Å². The van der Waals surface area contributed by atoms with E-state index < -0.39 is 25.4 Å². The third kappa shape index (κ3) is 4.24. The lowest BCUT2D eigenvalue weighted by molar-refractivity contribution is 0.00578. The molecule has 2 fully saturated rings. The molecule has 0 spiro atoms. The molecular weight excluding hydrogens is 338 g/mol. The summed E-state index contributed by atoms with van der Waals surface area (Å²) in [6.45, 7) is 25.1. The van der Waals surface area contributed by atoms with Crippen molar-refractivity contribution < 1.29 is 18.6 Å². The van der Waals surface area contributed by atoms with E-state index in [9.17, 15) is 0 Å². The molecule has 6 heteroatoms. The molecule has 2 aliphatic heterocycles. The van der Waals surface area contributed by atoms with Crippen molar-refractivity contribution in [3.05, 3.63) is 23.1 Å². The van der Waals surface area contributed by atoms with E-state index in [0.29, 0.717) is 0 Å². The summed E-state index contributed by atoms with van der Waals surface area (Å²) in [5.41, 5.74) is 1.46. The fraction of sp³-hybridized carbons (Fsp3) is 0.810. The molecule has 0 radical (unpaired) electrons. The van der Waals surface area contributed by atoms with Crippen LogP contribution in [-0.4, -0.2) is 36.6 Å². The molecule has 0 N–H and O–H groups in total. The summed E-state index contributed by atoms with van der Waals surface area (Å²) < 4.78 is 25.5. The van der Waals surface area contributed by atoms with Gasteiger partial charge in [0, 0.05) is 0 Å². The van der Waals surface area contributed by atoms with Crippen LogP contribution in [0.1, 0.15) is 88.5 Å². The third-order valence-electron chi connectivity index (χ3n) is 6.63. The van der Waals surface area contributed by atoms with Crippen LogP contribution in [-0.2, 0) is 18.6 Å². The van der Waals surface area contributed by atoms with Crippen molar-refractivity contribution in [1.82, 2.24) is 0 Å². The number of allylic oxidation sites excluding steroid dienone is 3. The molecule has 0 aliphatic carbocycles. The van der Waals surface area contributed by atoms with Crippen molar-refractivity contribution in [2.24, 2.45) is 0 Å². The van der Waals surface area contributed by atoms with Gasteiger partial charge in [0.25, 0.3) is 0 Å². The van der Waals surface area contributed by atoms with Gasteiger partial charge in [-0.05, 0) is 79.7 Å². The third-order valence-corrected chi connectivity index (χ3v) is 6.63. The minimum Gasteiger partial charge on any atom is -0.400 e. The predicted molar refractivity (Wildman–Crippen MR) is 114 cm³/mol.